The molecule has 0 unspecified atom stereocenters. The van der Waals surface area contributed by atoms with Crippen LogP contribution < -0.4 is 17.0 Å². The van der Waals surface area contributed by atoms with Gasteiger partial charge in [0.2, 0.25) is 0 Å². The normalized spacial score (nSPS) is 11.4. The summed E-state index contributed by atoms with van der Waals surface area (Å²) < 4.78 is 0.976. The van der Waals surface area contributed by atoms with Gasteiger partial charge in [-0.1, -0.05) is 36.4 Å². The van der Waals surface area contributed by atoms with E-state index in [2.05, 4.69) is 57.6 Å². The molecule has 0 saturated carbocycles. The van der Waals surface area contributed by atoms with E-state index in [-0.39, 0.29) is 17.0 Å². The third kappa shape index (κ3) is 5.95. The molecule has 0 heterocycles. The van der Waals surface area contributed by atoms with Crippen molar-refractivity contribution in [1.29, 1.82) is 0 Å². The number of benzene rings is 1. The number of likely N-dealkylation sites (N-methyl/N-ethyl adjacent to an activating group) is 1. The second-order valence-corrected chi connectivity index (χ2v) is 4.29. The molecule has 0 aliphatic carbocycles. The van der Waals surface area contributed by atoms with Gasteiger partial charge in [0, 0.05) is 0 Å². The van der Waals surface area contributed by atoms with Crippen LogP contribution in [0.2, 0.25) is 0 Å². The van der Waals surface area contributed by atoms with E-state index in [9.17, 15) is 0 Å². The van der Waals surface area contributed by atoms with Gasteiger partial charge in [-0.25, -0.2) is 0 Å². The predicted octanol–water partition coefficient (Wildman–Crippen LogP) is -0.590. The van der Waals surface area contributed by atoms with Crippen LogP contribution in [-0.2, 0) is 0 Å². The summed E-state index contributed by atoms with van der Waals surface area (Å²) in [5.74, 6) is 0. The van der Waals surface area contributed by atoms with Crippen molar-refractivity contribution in [3.8, 4) is 0 Å². The number of rotatable bonds is 3. The lowest BCUT2D eigenvalue weighted by molar-refractivity contribution is -0.864. The second kappa shape index (κ2) is 5.99. The molecular formula is C12H18BrN. The average molecular weight is 256 g/mol. The Bertz CT molecular complexity index is 272. The van der Waals surface area contributed by atoms with Crippen molar-refractivity contribution in [3.05, 3.63) is 42.0 Å². The maximum Gasteiger partial charge on any atom is 0.0970 e. The van der Waals surface area contributed by atoms with E-state index < -0.39 is 0 Å². The molecule has 0 saturated heterocycles. The summed E-state index contributed by atoms with van der Waals surface area (Å²) in [4.78, 5) is 0. The van der Waals surface area contributed by atoms with Crippen molar-refractivity contribution in [2.45, 2.75) is 0 Å². The molecule has 1 nitrogen and oxygen atoms in total. The van der Waals surface area contributed by atoms with Crippen LogP contribution in [0.3, 0.4) is 0 Å². The third-order valence-corrected chi connectivity index (χ3v) is 1.76. The van der Waals surface area contributed by atoms with E-state index in [0.29, 0.717) is 0 Å². The molecule has 14 heavy (non-hydrogen) atoms. The van der Waals surface area contributed by atoms with Crippen molar-refractivity contribution < 1.29 is 21.5 Å². The fourth-order valence-corrected chi connectivity index (χ4v) is 1.07. The molecular weight excluding hydrogens is 238 g/mol. The fraction of sp³-hybridized carbons (Fsp3) is 0.333. The van der Waals surface area contributed by atoms with Crippen molar-refractivity contribution >= 4 is 6.08 Å². The van der Waals surface area contributed by atoms with Crippen LogP contribution in [0.4, 0.5) is 0 Å². The van der Waals surface area contributed by atoms with Crippen LogP contribution in [0.15, 0.2) is 36.4 Å². The van der Waals surface area contributed by atoms with Gasteiger partial charge < -0.3 is 21.5 Å². The quantitative estimate of drug-likeness (QED) is 0.634. The molecule has 0 N–H and O–H groups in total. The van der Waals surface area contributed by atoms with E-state index in [1.165, 1.54) is 5.56 Å². The largest absolute Gasteiger partial charge is 1.00 e. The Morgan fingerprint density at radius 3 is 2.14 bits per heavy atom. The molecule has 0 amide bonds. The summed E-state index contributed by atoms with van der Waals surface area (Å²) in [5.41, 5.74) is 1.27. The smallest absolute Gasteiger partial charge is 0.0970 e. The summed E-state index contributed by atoms with van der Waals surface area (Å²) in [6, 6.07) is 10.4. The van der Waals surface area contributed by atoms with Gasteiger partial charge in [0.1, 0.15) is 0 Å². The lowest BCUT2D eigenvalue weighted by atomic mass is 10.2. The Morgan fingerprint density at radius 1 is 1.07 bits per heavy atom. The van der Waals surface area contributed by atoms with E-state index >= 15 is 0 Å². The monoisotopic (exact) mass is 255 g/mol. The van der Waals surface area contributed by atoms with Crippen LogP contribution in [0.1, 0.15) is 5.56 Å². The first kappa shape index (κ1) is 13.4. The van der Waals surface area contributed by atoms with Crippen molar-refractivity contribution in [1.82, 2.24) is 0 Å². The zero-order chi connectivity index (χ0) is 9.73. The fourth-order valence-electron chi connectivity index (χ4n) is 1.07. The summed E-state index contributed by atoms with van der Waals surface area (Å²) in [5, 5.41) is 0. The lowest BCUT2D eigenvalue weighted by Gasteiger charge is -2.21. The number of hydrogen-bond donors (Lipinski definition) is 0. The average Bonchev–Trinajstić information content (AvgIpc) is 2.04. The Morgan fingerprint density at radius 2 is 1.64 bits per heavy atom. The maximum atomic E-state index is 2.22. The van der Waals surface area contributed by atoms with E-state index in [1.54, 1.807) is 0 Å². The SMILES string of the molecule is C[N+](C)(C)CC=Cc1ccccc1.[Br-]. The molecule has 78 valence electrons. The highest BCUT2D eigenvalue weighted by Crippen LogP contribution is 2.01. The molecule has 0 radical (unpaired) electrons. The zero-order valence-corrected chi connectivity index (χ0v) is 10.7. The van der Waals surface area contributed by atoms with Crippen LogP contribution in [0, 0.1) is 0 Å². The first-order valence-corrected chi connectivity index (χ1v) is 4.60. The van der Waals surface area contributed by atoms with Crippen LogP contribution in [0.5, 0.6) is 0 Å². The molecule has 1 aromatic carbocycles. The summed E-state index contributed by atoms with van der Waals surface area (Å²) in [7, 11) is 6.57. The van der Waals surface area contributed by atoms with Gasteiger partial charge >= 0.3 is 0 Å². The van der Waals surface area contributed by atoms with Crippen LogP contribution in [-0.4, -0.2) is 32.2 Å². The molecule has 2 heteroatoms. The van der Waals surface area contributed by atoms with Crippen molar-refractivity contribution in [2.24, 2.45) is 0 Å². The van der Waals surface area contributed by atoms with E-state index in [0.717, 1.165) is 11.0 Å². The molecule has 0 spiro atoms. The standard InChI is InChI=1S/C12H18N.BrH/c1-13(2,3)11-7-10-12-8-5-4-6-9-12;/h4-10H,11H2,1-3H3;1H/q+1;/p-1. The first-order chi connectivity index (χ1) is 6.08. The highest BCUT2D eigenvalue weighted by Gasteiger charge is 2.01. The van der Waals surface area contributed by atoms with Crippen LogP contribution in [0.25, 0.3) is 6.08 Å². The molecule has 0 atom stereocenters. The highest BCUT2D eigenvalue weighted by molar-refractivity contribution is 5.48. The lowest BCUT2D eigenvalue weighted by Crippen LogP contribution is -3.00. The van der Waals surface area contributed by atoms with Crippen molar-refractivity contribution in [2.75, 3.05) is 27.7 Å². The Balaban J connectivity index is 0.00000169. The molecule has 0 aliphatic heterocycles. The number of hydrogen-bond acceptors (Lipinski definition) is 0. The molecule has 1 aromatic rings. The van der Waals surface area contributed by atoms with Gasteiger partial charge in [-0.05, 0) is 11.6 Å². The first-order valence-electron chi connectivity index (χ1n) is 4.60. The number of nitrogens with zero attached hydrogens (tertiary/aromatic N) is 1. The molecule has 0 aromatic heterocycles. The zero-order valence-electron chi connectivity index (χ0n) is 9.07. The van der Waals surface area contributed by atoms with E-state index in [4.69, 9.17) is 0 Å². The molecule has 0 aliphatic rings. The Kier molecular flexibility index (Phi) is 5.73. The maximum absolute atomic E-state index is 2.22. The Labute approximate surface area is 97.4 Å². The van der Waals surface area contributed by atoms with Gasteiger partial charge in [0.25, 0.3) is 0 Å². The number of halogens is 1. The predicted molar refractivity (Wildman–Crippen MR) is 58.4 cm³/mol. The highest BCUT2D eigenvalue weighted by atomic mass is 79.9. The molecule has 0 fully saturated rings. The minimum absolute atomic E-state index is 0. The van der Waals surface area contributed by atoms with E-state index in [1.807, 2.05) is 6.07 Å². The van der Waals surface area contributed by atoms with Gasteiger partial charge in [-0.2, -0.15) is 0 Å². The minimum Gasteiger partial charge on any atom is -1.00 e. The second-order valence-electron chi connectivity index (χ2n) is 4.29. The summed E-state index contributed by atoms with van der Waals surface area (Å²) in [6.45, 7) is 1.06. The summed E-state index contributed by atoms with van der Waals surface area (Å²) in [6.07, 6.45) is 4.39. The van der Waals surface area contributed by atoms with Gasteiger partial charge in [-0.3, -0.25) is 0 Å². The van der Waals surface area contributed by atoms with Crippen LogP contribution >= 0.6 is 0 Å². The van der Waals surface area contributed by atoms with Gasteiger partial charge in [-0.15, -0.1) is 0 Å². The van der Waals surface area contributed by atoms with Gasteiger partial charge in [0.05, 0.1) is 27.7 Å². The van der Waals surface area contributed by atoms with Gasteiger partial charge in [0.15, 0.2) is 0 Å². The summed E-state index contributed by atoms with van der Waals surface area (Å²) >= 11 is 0. The molecule has 0 bridgehead atoms. The number of quaternary nitrogens is 1. The topological polar surface area (TPSA) is 0 Å². The van der Waals surface area contributed by atoms with Crippen molar-refractivity contribution in [3.63, 3.8) is 0 Å². The third-order valence-electron chi connectivity index (χ3n) is 1.76. The Hall–Kier alpha value is -0.600. The molecule has 1 rings (SSSR count). The minimum atomic E-state index is 0.